The van der Waals surface area contributed by atoms with E-state index in [1.54, 1.807) is 31.4 Å². The summed E-state index contributed by atoms with van der Waals surface area (Å²) in [5, 5.41) is 2.86. The van der Waals surface area contributed by atoms with Gasteiger partial charge in [-0.05, 0) is 31.2 Å². The Kier molecular flexibility index (Phi) is 7.22. The third-order valence-electron chi connectivity index (χ3n) is 3.81. The first kappa shape index (κ1) is 18.7. The molecule has 0 bridgehead atoms. The molecule has 6 heteroatoms. The molecule has 1 atom stereocenters. The van der Waals surface area contributed by atoms with Crippen molar-refractivity contribution < 1.29 is 23.6 Å². The molecule has 1 unspecified atom stereocenters. The zero-order valence-electron chi connectivity index (χ0n) is 14.5. The van der Waals surface area contributed by atoms with Crippen LogP contribution in [-0.4, -0.2) is 39.3 Å². The number of hydrogen-bond donors (Lipinski definition) is 2. The van der Waals surface area contributed by atoms with Crippen LogP contribution in [0.4, 0.5) is 10.1 Å². The van der Waals surface area contributed by atoms with Gasteiger partial charge < -0.3 is 19.7 Å². The number of carbonyl (C=O) groups excluding carboxylic acids is 1. The second kappa shape index (κ2) is 9.64. The Bertz CT molecular complexity index is 694. The van der Waals surface area contributed by atoms with Crippen molar-refractivity contribution in [2.45, 2.75) is 6.92 Å². The number of methoxy groups -OCH3 is 1. The summed E-state index contributed by atoms with van der Waals surface area (Å²) >= 11 is 0. The van der Waals surface area contributed by atoms with Gasteiger partial charge in [-0.25, -0.2) is 4.39 Å². The van der Waals surface area contributed by atoms with E-state index in [9.17, 15) is 9.18 Å². The minimum absolute atomic E-state index is 0.0870. The molecule has 2 aromatic carbocycles. The molecule has 5 nitrogen and oxygen atoms in total. The van der Waals surface area contributed by atoms with Crippen molar-refractivity contribution in [2.24, 2.45) is 0 Å². The number of ether oxygens (including phenoxy) is 2. The summed E-state index contributed by atoms with van der Waals surface area (Å²) in [6.45, 7) is 4.03. The van der Waals surface area contributed by atoms with Gasteiger partial charge in [-0.3, -0.25) is 4.79 Å². The van der Waals surface area contributed by atoms with Crippen LogP contribution < -0.4 is 19.7 Å². The van der Waals surface area contributed by atoms with Gasteiger partial charge in [0.1, 0.15) is 18.9 Å². The number of likely N-dealkylation sites (N-methyl/N-ethyl adjacent to an activating group) is 1. The van der Waals surface area contributed by atoms with Crippen molar-refractivity contribution >= 4 is 11.6 Å². The summed E-state index contributed by atoms with van der Waals surface area (Å²) in [6, 6.07) is 13.5. The minimum atomic E-state index is -0.378. The number of quaternary nitrogens is 1. The lowest BCUT2D eigenvalue weighted by molar-refractivity contribution is -0.889. The summed E-state index contributed by atoms with van der Waals surface area (Å²) in [5.41, 5.74) is 0.697. The molecule has 0 aliphatic rings. The van der Waals surface area contributed by atoms with E-state index >= 15 is 0 Å². The Morgan fingerprint density at radius 3 is 2.72 bits per heavy atom. The van der Waals surface area contributed by atoms with Crippen LogP contribution in [0.1, 0.15) is 6.92 Å². The van der Waals surface area contributed by atoms with E-state index in [-0.39, 0.29) is 17.5 Å². The summed E-state index contributed by atoms with van der Waals surface area (Å²) in [6.07, 6.45) is 0. The van der Waals surface area contributed by atoms with Crippen molar-refractivity contribution in [2.75, 3.05) is 38.7 Å². The fraction of sp³-hybridized carbons (Fsp3) is 0.316. The van der Waals surface area contributed by atoms with Crippen molar-refractivity contribution in [1.82, 2.24) is 0 Å². The maximum absolute atomic E-state index is 13.5. The number of carbonyl (C=O) groups is 1. The molecular weight excluding hydrogens is 323 g/mol. The van der Waals surface area contributed by atoms with Crippen LogP contribution in [0.5, 0.6) is 11.5 Å². The molecule has 2 aromatic rings. The Hall–Kier alpha value is -2.60. The predicted octanol–water partition coefficient (Wildman–Crippen LogP) is 1.76. The fourth-order valence-corrected chi connectivity index (χ4v) is 2.39. The van der Waals surface area contributed by atoms with Crippen LogP contribution in [0, 0.1) is 5.82 Å². The molecule has 2 N–H and O–H groups in total. The summed E-state index contributed by atoms with van der Waals surface area (Å²) in [7, 11) is 1.58. The van der Waals surface area contributed by atoms with Gasteiger partial charge in [0.05, 0.1) is 13.7 Å². The van der Waals surface area contributed by atoms with Gasteiger partial charge >= 0.3 is 0 Å². The van der Waals surface area contributed by atoms with Gasteiger partial charge in [0.2, 0.25) is 0 Å². The maximum Gasteiger partial charge on any atom is 0.279 e. The third kappa shape index (κ3) is 6.08. The molecule has 1 amide bonds. The van der Waals surface area contributed by atoms with Gasteiger partial charge in [-0.15, -0.1) is 0 Å². The van der Waals surface area contributed by atoms with E-state index in [1.165, 1.54) is 6.07 Å². The lowest BCUT2D eigenvalue weighted by Crippen LogP contribution is -3.13. The van der Waals surface area contributed by atoms with Gasteiger partial charge in [0.25, 0.3) is 5.91 Å². The van der Waals surface area contributed by atoms with Crippen molar-refractivity contribution in [3.8, 4) is 11.5 Å². The van der Waals surface area contributed by atoms with Gasteiger partial charge in [-0.1, -0.05) is 18.2 Å². The fourth-order valence-electron chi connectivity index (χ4n) is 2.39. The average Bonchev–Trinajstić information content (AvgIpc) is 2.62. The highest BCUT2D eigenvalue weighted by molar-refractivity contribution is 5.91. The highest BCUT2D eigenvalue weighted by Crippen LogP contribution is 2.16. The molecule has 0 aliphatic heterocycles. The minimum Gasteiger partial charge on any atom is -0.497 e. The highest BCUT2D eigenvalue weighted by atomic mass is 19.1. The summed E-state index contributed by atoms with van der Waals surface area (Å²) in [4.78, 5) is 13.2. The second-order valence-electron chi connectivity index (χ2n) is 5.59. The standard InChI is InChI=1S/C19H23FN2O3/c1-3-22(11-12-25-18-10-5-4-9-17(18)20)14-19(23)21-15-7-6-8-16(13-15)24-2/h4-10,13H,3,11-12,14H2,1-2H3,(H,21,23)/p+1. The largest absolute Gasteiger partial charge is 0.497 e. The second-order valence-corrected chi connectivity index (χ2v) is 5.59. The van der Waals surface area contributed by atoms with Crippen LogP contribution in [0.15, 0.2) is 48.5 Å². The Balaban J connectivity index is 1.80. The highest BCUT2D eigenvalue weighted by Gasteiger charge is 2.13. The van der Waals surface area contributed by atoms with Gasteiger partial charge in [-0.2, -0.15) is 0 Å². The molecule has 0 spiro atoms. The molecule has 0 aromatic heterocycles. The molecule has 0 saturated carbocycles. The number of nitrogens with one attached hydrogen (secondary N) is 2. The number of para-hydroxylation sites is 1. The molecule has 0 radical (unpaired) electrons. The van der Waals surface area contributed by atoms with E-state index < -0.39 is 0 Å². The first-order valence-electron chi connectivity index (χ1n) is 8.27. The molecular formula is C19H24FN2O3+. The Labute approximate surface area is 147 Å². The van der Waals surface area contributed by atoms with Crippen LogP contribution in [-0.2, 0) is 4.79 Å². The van der Waals surface area contributed by atoms with E-state index in [1.807, 2.05) is 25.1 Å². The first-order valence-corrected chi connectivity index (χ1v) is 8.27. The molecule has 25 heavy (non-hydrogen) atoms. The Morgan fingerprint density at radius 1 is 1.20 bits per heavy atom. The van der Waals surface area contributed by atoms with E-state index in [2.05, 4.69) is 5.32 Å². The van der Waals surface area contributed by atoms with Gasteiger partial charge in [0.15, 0.2) is 18.1 Å². The van der Waals surface area contributed by atoms with Crippen molar-refractivity contribution in [3.63, 3.8) is 0 Å². The predicted molar refractivity (Wildman–Crippen MR) is 94.8 cm³/mol. The monoisotopic (exact) mass is 347 g/mol. The number of anilines is 1. The number of halogens is 1. The zero-order valence-corrected chi connectivity index (χ0v) is 14.5. The summed E-state index contributed by atoms with van der Waals surface area (Å²) in [5.74, 6) is 0.460. The van der Waals surface area contributed by atoms with Gasteiger partial charge in [0, 0.05) is 11.8 Å². The van der Waals surface area contributed by atoms with E-state index in [4.69, 9.17) is 9.47 Å². The Morgan fingerprint density at radius 2 is 2.00 bits per heavy atom. The van der Waals surface area contributed by atoms with Crippen LogP contribution in [0.2, 0.25) is 0 Å². The lowest BCUT2D eigenvalue weighted by atomic mass is 10.3. The molecule has 0 fully saturated rings. The summed E-state index contributed by atoms with van der Waals surface area (Å²) < 4.78 is 24.1. The van der Waals surface area contributed by atoms with E-state index in [0.29, 0.717) is 31.1 Å². The molecule has 134 valence electrons. The van der Waals surface area contributed by atoms with Crippen molar-refractivity contribution in [3.05, 3.63) is 54.3 Å². The lowest BCUT2D eigenvalue weighted by Gasteiger charge is -2.17. The van der Waals surface area contributed by atoms with Crippen molar-refractivity contribution in [1.29, 1.82) is 0 Å². The van der Waals surface area contributed by atoms with Crippen LogP contribution in [0.3, 0.4) is 0 Å². The molecule has 0 heterocycles. The number of hydrogen-bond acceptors (Lipinski definition) is 3. The van der Waals surface area contributed by atoms with Crippen LogP contribution in [0.25, 0.3) is 0 Å². The van der Waals surface area contributed by atoms with Crippen LogP contribution >= 0.6 is 0 Å². The van der Waals surface area contributed by atoms with E-state index in [0.717, 1.165) is 11.4 Å². The number of benzene rings is 2. The number of rotatable bonds is 9. The average molecular weight is 347 g/mol. The third-order valence-corrected chi connectivity index (χ3v) is 3.81. The quantitative estimate of drug-likeness (QED) is 0.727. The topological polar surface area (TPSA) is 52.0 Å². The molecule has 0 aliphatic carbocycles. The molecule has 2 rings (SSSR count). The first-order chi connectivity index (χ1) is 12.1. The zero-order chi connectivity index (χ0) is 18.1. The molecule has 0 saturated heterocycles. The smallest absolute Gasteiger partial charge is 0.279 e. The normalized spacial score (nSPS) is 11.6. The SMILES string of the molecule is CC[NH+](CCOc1ccccc1F)CC(=O)Nc1cccc(OC)c1. The maximum atomic E-state index is 13.5. The number of amides is 1.